The topological polar surface area (TPSA) is 258 Å². The molecule has 282 valence electrons. The van der Waals surface area contributed by atoms with Crippen molar-refractivity contribution in [1.82, 2.24) is 19.5 Å². The first-order valence-electron chi connectivity index (χ1n) is 15.7. The van der Waals surface area contributed by atoms with E-state index in [1.54, 1.807) is 28.8 Å². The summed E-state index contributed by atoms with van der Waals surface area (Å²) in [6.45, 7) is 6.25. The zero-order valence-corrected chi connectivity index (χ0v) is 31.2. The van der Waals surface area contributed by atoms with Crippen LogP contribution in [0, 0.1) is 22.7 Å². The molecule has 16 nitrogen and oxygen atoms in total. The fraction of sp³-hybridized carbons (Fsp3) is 0.0526. The number of thiocarbonyl (C=S) groups is 1. The second-order valence-electron chi connectivity index (χ2n) is 10.6. The van der Waals surface area contributed by atoms with Gasteiger partial charge in [0.1, 0.15) is 23.6 Å². The molecule has 0 aliphatic rings. The highest BCUT2D eigenvalue weighted by Crippen LogP contribution is 2.31. The van der Waals surface area contributed by atoms with E-state index in [0.29, 0.717) is 44.8 Å². The number of nitriles is 1. The molecule has 1 amide bonds. The molecule has 0 spiro atoms. The molecule has 9 N–H and O–H groups in total. The highest BCUT2D eigenvalue weighted by molar-refractivity contribution is 7.78. The molecule has 0 radical (unpaired) electrons. The first kappa shape index (κ1) is 42.5. The minimum absolute atomic E-state index is 0.0103. The number of aromatic amines is 1. The van der Waals surface area contributed by atoms with Gasteiger partial charge in [-0.2, -0.15) is 10.3 Å². The van der Waals surface area contributed by atoms with Crippen LogP contribution < -0.4 is 26.7 Å². The summed E-state index contributed by atoms with van der Waals surface area (Å²) in [5, 5.41) is 29.5. The largest absolute Gasteiger partial charge is 0.504 e. The third-order valence-corrected chi connectivity index (χ3v) is 7.38. The Hall–Kier alpha value is -7.89. The number of isothiocyanates is 1. The zero-order valence-electron chi connectivity index (χ0n) is 29.6. The van der Waals surface area contributed by atoms with Crippen LogP contribution in [0.2, 0.25) is 0 Å². The number of para-hydroxylation sites is 2. The van der Waals surface area contributed by atoms with Crippen LogP contribution in [0.3, 0.4) is 0 Å². The summed E-state index contributed by atoms with van der Waals surface area (Å²) in [7, 11) is 2.91. The predicted octanol–water partition coefficient (Wildman–Crippen LogP) is 6.11. The Bertz CT molecular complexity index is 2530. The Morgan fingerprint density at radius 1 is 0.946 bits per heavy atom. The highest BCUT2D eigenvalue weighted by Gasteiger charge is 2.19. The van der Waals surface area contributed by atoms with Crippen molar-refractivity contribution in [2.45, 2.75) is 0 Å². The van der Waals surface area contributed by atoms with Gasteiger partial charge in [0, 0.05) is 16.8 Å². The number of nitrogens with two attached hydrogens (primary N) is 3. The molecule has 0 unspecified atom stereocenters. The van der Waals surface area contributed by atoms with E-state index in [-0.39, 0.29) is 34.5 Å². The summed E-state index contributed by atoms with van der Waals surface area (Å²) in [4.78, 5) is 40.5. The molecule has 0 atom stereocenters. The average molecular weight is 789 g/mol. The molecule has 6 aromatic rings. The normalized spacial score (nSPS) is 10.1. The number of primary amides is 1. The molecule has 0 bridgehead atoms. The van der Waals surface area contributed by atoms with Crippen molar-refractivity contribution in [3.63, 3.8) is 0 Å². The number of benzene rings is 4. The van der Waals surface area contributed by atoms with Gasteiger partial charge in [-0.1, -0.05) is 43.0 Å². The van der Waals surface area contributed by atoms with Gasteiger partial charge in [0.25, 0.3) is 11.7 Å². The summed E-state index contributed by atoms with van der Waals surface area (Å²) in [6, 6.07) is 29.6. The minimum atomic E-state index is -0.720. The number of H-pyrrole nitrogens is 1. The standard InChI is InChI=1S/C19H15N5O3S.C8H8O3.C7H5NS.C4H4N4/c1-27-13-8-7-10(9-12(13)25)17-21-14(16(20)26)15-18(23-17)24(19(28)22-15)11-5-3-2-4-6-11;1-11-8-3-2-6(5-9)4-7(8)10;9-6-8-7-4-2-1-3-5-7;1-8-4(7)3(6)2-5/h2-9,25H,1H3,(H2,20,26)(H,22,28);2-5,10H,1H3;1-5H;6-7H2/b;;;4-3+. The molecular weight excluding hydrogens is 757 g/mol. The first-order valence-corrected chi connectivity index (χ1v) is 16.5. The number of nitrogens with zero attached hydrogens (tertiary/aromatic N) is 6. The number of aromatic hydroxyl groups is 2. The summed E-state index contributed by atoms with van der Waals surface area (Å²) >= 11 is 9.84. The van der Waals surface area contributed by atoms with Crippen LogP contribution in [0.1, 0.15) is 20.8 Å². The number of aliphatic imine (C=N–C) groups is 1. The van der Waals surface area contributed by atoms with E-state index in [1.165, 1.54) is 32.4 Å². The Kier molecular flexibility index (Phi) is 15.9. The molecule has 6 rings (SSSR count). The molecule has 0 saturated carbocycles. The van der Waals surface area contributed by atoms with Crippen LogP contribution in [0.15, 0.2) is 114 Å². The van der Waals surface area contributed by atoms with Crippen molar-refractivity contribution in [2.24, 2.45) is 22.2 Å². The van der Waals surface area contributed by atoms with Gasteiger partial charge in [-0.3, -0.25) is 14.2 Å². The molecule has 56 heavy (non-hydrogen) atoms. The number of phenolic OH excluding ortho intramolecular Hbond substituents is 2. The number of imidazole rings is 1. The van der Waals surface area contributed by atoms with Gasteiger partial charge in [0.05, 0.1) is 25.1 Å². The maximum Gasteiger partial charge on any atom is 0.269 e. The number of hydrogen-bond acceptors (Lipinski definition) is 14. The van der Waals surface area contributed by atoms with E-state index in [1.807, 2.05) is 60.7 Å². The Morgan fingerprint density at radius 3 is 2.02 bits per heavy atom. The molecule has 0 fully saturated rings. The number of carbonyl (C=O) groups is 2. The van der Waals surface area contributed by atoms with Gasteiger partial charge in [0.15, 0.2) is 44.9 Å². The maximum absolute atomic E-state index is 12.0. The van der Waals surface area contributed by atoms with Gasteiger partial charge in [0.2, 0.25) is 0 Å². The summed E-state index contributed by atoms with van der Waals surface area (Å²) in [5.41, 5.74) is 18.5. The van der Waals surface area contributed by atoms with Gasteiger partial charge in [-0.15, -0.1) is 0 Å². The van der Waals surface area contributed by atoms with E-state index in [9.17, 15) is 14.7 Å². The number of rotatable bonds is 7. The second kappa shape index (κ2) is 21.0. The summed E-state index contributed by atoms with van der Waals surface area (Å²) < 4.78 is 11.9. The number of aldehydes is 1. The molecule has 0 aliphatic heterocycles. The number of carbonyl (C=O) groups excluding carboxylic acids is 2. The van der Waals surface area contributed by atoms with Crippen LogP contribution >= 0.6 is 24.4 Å². The SMILES string of the molecule is COc1ccc(-c2nc(C(N)=O)c3[nH]c(=S)n(-c4ccccc4)c3n2)cc1O.COc1ccc(C=O)cc1O.S=C=Nc1ccccc1.[C-]#[N+]/C(N)=C(/N)C#N. The van der Waals surface area contributed by atoms with Gasteiger partial charge < -0.3 is 46.7 Å². The van der Waals surface area contributed by atoms with Crippen LogP contribution in [0.25, 0.3) is 33.1 Å². The van der Waals surface area contributed by atoms with E-state index in [0.717, 1.165) is 11.4 Å². The third kappa shape index (κ3) is 11.3. The van der Waals surface area contributed by atoms with Crippen LogP contribution in [0.5, 0.6) is 23.0 Å². The quantitative estimate of drug-likeness (QED) is 0.0351. The van der Waals surface area contributed by atoms with Crippen molar-refractivity contribution in [3.8, 4) is 46.1 Å². The molecular formula is C38H32N10O6S2. The number of phenols is 2. The van der Waals surface area contributed by atoms with E-state index in [4.69, 9.17) is 55.8 Å². The van der Waals surface area contributed by atoms with Crippen molar-refractivity contribution < 1.29 is 29.3 Å². The summed E-state index contributed by atoms with van der Waals surface area (Å²) in [5.74, 6) is -0.145. The number of allylic oxidation sites excluding steroid dienone is 1. The lowest BCUT2D eigenvalue weighted by molar-refractivity contribution is 0.0996. The Labute approximate surface area is 330 Å². The monoisotopic (exact) mass is 788 g/mol. The molecule has 2 aromatic heterocycles. The first-order chi connectivity index (χ1) is 26.9. The van der Waals surface area contributed by atoms with Gasteiger partial charge in [-0.05, 0) is 85.1 Å². The van der Waals surface area contributed by atoms with Crippen LogP contribution in [0.4, 0.5) is 5.69 Å². The lowest BCUT2D eigenvalue weighted by atomic mass is 10.2. The number of aromatic nitrogens is 4. The van der Waals surface area contributed by atoms with Crippen LogP contribution in [-0.2, 0) is 0 Å². The van der Waals surface area contributed by atoms with E-state index in [2.05, 4.69) is 42.2 Å². The maximum atomic E-state index is 12.0. The van der Waals surface area contributed by atoms with E-state index < -0.39 is 5.91 Å². The van der Waals surface area contributed by atoms with E-state index >= 15 is 0 Å². The molecule has 0 saturated heterocycles. The van der Waals surface area contributed by atoms with Gasteiger partial charge >= 0.3 is 0 Å². The van der Waals surface area contributed by atoms with Crippen molar-refractivity contribution in [2.75, 3.05) is 14.2 Å². The summed E-state index contributed by atoms with van der Waals surface area (Å²) in [6.07, 6.45) is 0.666. The number of ether oxygens (including phenoxy) is 2. The number of hydrogen-bond donors (Lipinski definition) is 6. The number of fused-ring (bicyclic) bond motifs is 1. The lowest BCUT2D eigenvalue weighted by Crippen LogP contribution is -2.15. The number of methoxy groups -OCH3 is 2. The number of nitrogens with one attached hydrogen (secondary N) is 1. The van der Waals surface area contributed by atoms with Crippen LogP contribution in [-0.4, -0.2) is 61.3 Å². The van der Waals surface area contributed by atoms with Crippen molar-refractivity contribution in [1.29, 1.82) is 5.26 Å². The Balaban J connectivity index is 0.000000245. The number of amides is 1. The highest BCUT2D eigenvalue weighted by atomic mass is 32.1. The average Bonchev–Trinajstić information content (AvgIpc) is 3.56. The fourth-order valence-electron chi connectivity index (χ4n) is 4.39. The molecule has 18 heteroatoms. The fourth-order valence-corrected chi connectivity index (χ4v) is 4.79. The smallest absolute Gasteiger partial charge is 0.269 e. The lowest BCUT2D eigenvalue weighted by Gasteiger charge is -2.08. The second-order valence-corrected chi connectivity index (χ2v) is 11.1. The minimum Gasteiger partial charge on any atom is -0.504 e. The van der Waals surface area contributed by atoms with Crippen molar-refractivity contribution >= 4 is 58.6 Å². The zero-order chi connectivity index (χ0) is 41.2. The Morgan fingerprint density at radius 2 is 1.54 bits per heavy atom. The van der Waals surface area contributed by atoms with Gasteiger partial charge in [-0.25, -0.2) is 9.97 Å². The molecule has 4 aromatic carbocycles. The molecule has 0 aliphatic carbocycles. The molecule has 2 heterocycles. The van der Waals surface area contributed by atoms with Crippen molar-refractivity contribution in [3.05, 3.63) is 136 Å². The predicted molar refractivity (Wildman–Crippen MR) is 215 cm³/mol. The third-order valence-electron chi connectivity index (χ3n) is 7.01.